The van der Waals surface area contributed by atoms with E-state index in [1.165, 1.54) is 0 Å². The van der Waals surface area contributed by atoms with Gasteiger partial charge < -0.3 is 26.1 Å². The molecule has 1 atom stereocenters. The Morgan fingerprint density at radius 2 is 1.70 bits per heavy atom. The van der Waals surface area contributed by atoms with Gasteiger partial charge in [0, 0.05) is 23.9 Å². The van der Waals surface area contributed by atoms with Crippen LogP contribution in [-0.2, 0) is 16.5 Å². The molecule has 33 heavy (non-hydrogen) atoms. The van der Waals surface area contributed by atoms with Crippen LogP contribution in [0, 0.1) is 0 Å². The molecule has 10 heteroatoms. The largest absolute Gasteiger partial charge is 0.493 e. The number of nitrogen functional groups attached to an aromatic ring is 3. The monoisotopic (exact) mass is 471 g/mol. The Balaban J connectivity index is 2.18. The zero-order valence-electron chi connectivity index (χ0n) is 18.9. The Hall–Kier alpha value is -3.53. The number of hydrogen-bond acceptors (Lipinski definition) is 9. The molecule has 3 rings (SSSR count). The van der Waals surface area contributed by atoms with Crippen molar-refractivity contribution >= 4 is 27.6 Å². The molecule has 0 radical (unpaired) electrons. The molecule has 0 aliphatic rings. The molecule has 0 bridgehead atoms. The van der Waals surface area contributed by atoms with Crippen LogP contribution in [0.1, 0.15) is 38.3 Å². The number of aromatic nitrogens is 2. The van der Waals surface area contributed by atoms with Gasteiger partial charge in [-0.1, -0.05) is 19.1 Å². The highest BCUT2D eigenvalue weighted by molar-refractivity contribution is 7.87. The van der Waals surface area contributed by atoms with Crippen LogP contribution in [0.15, 0.2) is 42.6 Å². The third-order valence-electron chi connectivity index (χ3n) is 5.21. The zero-order chi connectivity index (χ0) is 24.2. The summed E-state index contributed by atoms with van der Waals surface area (Å²) in [4.78, 5) is 7.99. The average Bonchev–Trinajstić information content (AvgIpc) is 2.76. The van der Waals surface area contributed by atoms with E-state index in [-0.39, 0.29) is 17.5 Å². The van der Waals surface area contributed by atoms with Gasteiger partial charge in [0.15, 0.2) is 5.75 Å². The standard InChI is InChI=1S/C23H29N5O4S/c1-4-14(3)33(29,30)32-20-12-15(10-17-13-27-23(26)28-22(17)25)11-19(31-5-2)21(20)16-6-8-18(24)9-7-16/h6-9,11-14H,4-5,10,24H2,1-3H3,(H4,25,26,27,28). The van der Waals surface area contributed by atoms with Crippen molar-refractivity contribution in [1.29, 1.82) is 0 Å². The van der Waals surface area contributed by atoms with Gasteiger partial charge in [-0.25, -0.2) is 4.98 Å². The zero-order valence-corrected chi connectivity index (χ0v) is 19.7. The van der Waals surface area contributed by atoms with Gasteiger partial charge in [-0.05, 0) is 55.7 Å². The van der Waals surface area contributed by atoms with E-state index >= 15 is 0 Å². The van der Waals surface area contributed by atoms with Crippen molar-refractivity contribution in [3.63, 3.8) is 0 Å². The molecule has 176 valence electrons. The Labute approximate surface area is 194 Å². The first kappa shape index (κ1) is 24.1. The average molecular weight is 472 g/mol. The molecule has 3 aromatic rings. The SMILES string of the molecule is CCOc1cc(Cc2cnc(N)nc2N)cc(OS(=O)(=O)C(C)CC)c1-c1ccc(N)cc1. The summed E-state index contributed by atoms with van der Waals surface area (Å²) in [6.07, 6.45) is 2.28. The van der Waals surface area contributed by atoms with Crippen LogP contribution in [0.4, 0.5) is 17.5 Å². The first-order chi connectivity index (χ1) is 15.6. The van der Waals surface area contributed by atoms with Crippen molar-refractivity contribution in [2.24, 2.45) is 0 Å². The van der Waals surface area contributed by atoms with E-state index in [2.05, 4.69) is 9.97 Å². The molecule has 6 N–H and O–H groups in total. The van der Waals surface area contributed by atoms with Gasteiger partial charge in [0.1, 0.15) is 11.6 Å². The molecule has 0 spiro atoms. The molecule has 9 nitrogen and oxygen atoms in total. The molecular formula is C23H29N5O4S. The maximum absolute atomic E-state index is 12.9. The number of anilines is 3. The maximum Gasteiger partial charge on any atom is 0.311 e. The predicted molar refractivity (Wildman–Crippen MR) is 130 cm³/mol. The van der Waals surface area contributed by atoms with Gasteiger partial charge in [0.2, 0.25) is 5.95 Å². The Morgan fingerprint density at radius 1 is 1.03 bits per heavy atom. The Kier molecular flexibility index (Phi) is 7.27. The predicted octanol–water partition coefficient (Wildman–Crippen LogP) is 3.39. The topological polar surface area (TPSA) is 156 Å². The number of nitrogens with zero attached hydrogens (tertiary/aromatic N) is 2. The van der Waals surface area contributed by atoms with Crippen LogP contribution in [0.25, 0.3) is 11.1 Å². The summed E-state index contributed by atoms with van der Waals surface area (Å²) in [6.45, 7) is 5.62. The highest BCUT2D eigenvalue weighted by atomic mass is 32.2. The molecule has 0 amide bonds. The van der Waals surface area contributed by atoms with E-state index in [4.69, 9.17) is 26.1 Å². The molecule has 0 aliphatic carbocycles. The highest BCUT2D eigenvalue weighted by Crippen LogP contribution is 2.41. The van der Waals surface area contributed by atoms with Gasteiger partial charge in [0.25, 0.3) is 0 Å². The summed E-state index contributed by atoms with van der Waals surface area (Å²) in [5.41, 5.74) is 20.6. The second-order valence-corrected chi connectivity index (χ2v) is 9.59. The van der Waals surface area contributed by atoms with Crippen molar-refractivity contribution in [2.45, 2.75) is 38.9 Å². The minimum atomic E-state index is -3.88. The smallest absolute Gasteiger partial charge is 0.311 e. The number of ether oxygens (including phenoxy) is 1. The normalized spacial score (nSPS) is 12.3. The lowest BCUT2D eigenvalue weighted by Crippen LogP contribution is -2.22. The van der Waals surface area contributed by atoms with Gasteiger partial charge in [-0.3, -0.25) is 0 Å². The molecule has 0 fully saturated rings. The third kappa shape index (κ3) is 5.64. The van der Waals surface area contributed by atoms with Crippen LogP contribution in [0.5, 0.6) is 11.5 Å². The Bertz CT molecular complexity index is 1230. The molecule has 1 aromatic heterocycles. The van der Waals surface area contributed by atoms with E-state index in [1.54, 1.807) is 50.4 Å². The fraction of sp³-hybridized carbons (Fsp3) is 0.304. The lowest BCUT2D eigenvalue weighted by atomic mass is 9.98. The fourth-order valence-electron chi connectivity index (χ4n) is 3.22. The summed E-state index contributed by atoms with van der Waals surface area (Å²) < 4.78 is 37.3. The summed E-state index contributed by atoms with van der Waals surface area (Å²) >= 11 is 0. The summed E-state index contributed by atoms with van der Waals surface area (Å²) in [5, 5.41) is -0.683. The molecule has 0 saturated carbocycles. The number of rotatable bonds is 9. The van der Waals surface area contributed by atoms with E-state index < -0.39 is 15.4 Å². The van der Waals surface area contributed by atoms with Crippen LogP contribution in [-0.4, -0.2) is 30.2 Å². The lowest BCUT2D eigenvalue weighted by molar-refractivity contribution is 0.340. The second kappa shape index (κ2) is 9.95. The first-order valence-electron chi connectivity index (χ1n) is 10.6. The maximum atomic E-state index is 12.9. The first-order valence-corrected chi connectivity index (χ1v) is 12.1. The van der Waals surface area contributed by atoms with Gasteiger partial charge in [0.05, 0.1) is 17.4 Å². The Morgan fingerprint density at radius 3 is 2.30 bits per heavy atom. The van der Waals surface area contributed by atoms with Crippen molar-refractivity contribution in [1.82, 2.24) is 9.97 Å². The van der Waals surface area contributed by atoms with Crippen molar-refractivity contribution in [3.8, 4) is 22.6 Å². The van der Waals surface area contributed by atoms with Crippen LogP contribution < -0.4 is 26.1 Å². The van der Waals surface area contributed by atoms with Crippen molar-refractivity contribution < 1.29 is 17.3 Å². The van der Waals surface area contributed by atoms with Crippen molar-refractivity contribution in [2.75, 3.05) is 23.8 Å². The second-order valence-electron chi connectivity index (χ2n) is 7.63. The van der Waals surface area contributed by atoms with Crippen LogP contribution >= 0.6 is 0 Å². The van der Waals surface area contributed by atoms with Crippen LogP contribution in [0.3, 0.4) is 0 Å². The fourth-order valence-corrected chi connectivity index (χ4v) is 4.17. The minimum Gasteiger partial charge on any atom is -0.493 e. The molecular weight excluding hydrogens is 442 g/mol. The summed E-state index contributed by atoms with van der Waals surface area (Å²) in [7, 11) is -3.88. The molecule has 0 aliphatic heterocycles. The molecule has 2 aromatic carbocycles. The van der Waals surface area contributed by atoms with E-state index in [0.29, 0.717) is 53.1 Å². The number of nitrogens with two attached hydrogens (primary N) is 3. The molecule has 0 saturated heterocycles. The van der Waals surface area contributed by atoms with E-state index in [0.717, 1.165) is 0 Å². The lowest BCUT2D eigenvalue weighted by Gasteiger charge is -2.19. The molecule has 1 heterocycles. The minimum absolute atomic E-state index is 0.0774. The molecule has 1 unspecified atom stereocenters. The van der Waals surface area contributed by atoms with Gasteiger partial charge in [-0.2, -0.15) is 13.4 Å². The quantitative estimate of drug-likeness (QED) is 0.314. The van der Waals surface area contributed by atoms with E-state index in [1.807, 2.05) is 13.0 Å². The third-order valence-corrected chi connectivity index (χ3v) is 6.94. The van der Waals surface area contributed by atoms with E-state index in [9.17, 15) is 8.42 Å². The van der Waals surface area contributed by atoms with Gasteiger partial charge in [-0.15, -0.1) is 0 Å². The van der Waals surface area contributed by atoms with Crippen LogP contribution in [0.2, 0.25) is 0 Å². The highest BCUT2D eigenvalue weighted by Gasteiger charge is 2.25. The van der Waals surface area contributed by atoms with Crippen molar-refractivity contribution in [3.05, 3.63) is 53.7 Å². The summed E-state index contributed by atoms with van der Waals surface area (Å²) in [6, 6.07) is 10.6. The number of hydrogen-bond donors (Lipinski definition) is 3. The number of benzene rings is 2. The summed E-state index contributed by atoms with van der Waals surface area (Å²) in [5.74, 6) is 0.964. The van der Waals surface area contributed by atoms with Gasteiger partial charge >= 0.3 is 10.1 Å².